The third-order valence-corrected chi connectivity index (χ3v) is 5.79. The molecule has 0 spiro atoms. The molecule has 2 aliphatic rings. The molecule has 0 aliphatic carbocycles. The topological polar surface area (TPSA) is 303 Å². The van der Waals surface area contributed by atoms with Gasteiger partial charge in [-0.25, -0.2) is 14.6 Å². The number of hydrogen-bond acceptors (Lipinski definition) is 14. The Morgan fingerprint density at radius 2 is 1.92 bits per heavy atom. The SMILES string of the molecule is NCCCC(N)CC(=O)N[C@@H]1[C@H](O)[C@@H](O)[C@@H](COC(N)=O)O[C@H]1NC1=N[C@H](C(=O)O)[C@@H](C(O)CN)N1. The molecule has 36 heavy (non-hydrogen) atoms. The minimum absolute atomic E-state index is 0.106. The minimum atomic E-state index is -1.62. The van der Waals surface area contributed by atoms with Gasteiger partial charge in [0.05, 0.1) is 12.1 Å². The van der Waals surface area contributed by atoms with Gasteiger partial charge in [-0.15, -0.1) is 0 Å². The van der Waals surface area contributed by atoms with E-state index in [9.17, 15) is 34.8 Å². The van der Waals surface area contributed by atoms with Crippen LogP contribution in [0.15, 0.2) is 4.99 Å². The van der Waals surface area contributed by atoms with Crippen LogP contribution in [-0.2, 0) is 19.1 Å². The van der Waals surface area contributed by atoms with Gasteiger partial charge in [0.1, 0.15) is 31.0 Å². The van der Waals surface area contributed by atoms with Crippen LogP contribution < -0.4 is 38.9 Å². The average Bonchev–Trinajstić information content (AvgIpc) is 3.25. The molecule has 2 unspecified atom stereocenters. The maximum Gasteiger partial charge on any atom is 0.404 e. The molecule has 2 aliphatic heterocycles. The number of carboxylic acids is 1. The summed E-state index contributed by atoms with van der Waals surface area (Å²) in [6.45, 7) is -0.364. The molecule has 2 amide bonds. The number of carboxylic acid groups (broad SMARTS) is 1. The molecule has 17 heteroatoms. The van der Waals surface area contributed by atoms with Crippen LogP contribution in [0.2, 0.25) is 0 Å². The van der Waals surface area contributed by atoms with Crippen molar-refractivity contribution < 1.29 is 44.3 Å². The molecule has 2 heterocycles. The normalized spacial score (nSPS) is 31.5. The van der Waals surface area contributed by atoms with E-state index in [1.54, 1.807) is 0 Å². The van der Waals surface area contributed by atoms with Crippen molar-refractivity contribution in [2.24, 2.45) is 27.9 Å². The molecular formula is C19H36N8O9. The number of nitrogens with zero attached hydrogens (tertiary/aromatic N) is 1. The molecule has 0 radical (unpaired) electrons. The number of aliphatic imine (C=N–C) groups is 1. The lowest BCUT2D eigenvalue weighted by atomic mass is 9.95. The fraction of sp³-hybridized carbons (Fsp3) is 0.789. The van der Waals surface area contributed by atoms with Crippen LogP contribution in [0.1, 0.15) is 19.3 Å². The lowest BCUT2D eigenvalue weighted by Crippen LogP contribution is -2.69. The fourth-order valence-corrected chi connectivity index (χ4v) is 3.89. The molecule has 15 N–H and O–H groups in total. The van der Waals surface area contributed by atoms with Gasteiger partial charge in [-0.2, -0.15) is 0 Å². The van der Waals surface area contributed by atoms with E-state index < -0.39 is 79.4 Å². The lowest BCUT2D eigenvalue weighted by Gasteiger charge is -2.43. The summed E-state index contributed by atoms with van der Waals surface area (Å²) in [5, 5.41) is 48.7. The maximum absolute atomic E-state index is 12.6. The molecule has 2 rings (SSSR count). The molecule has 0 bridgehead atoms. The molecule has 0 saturated carbocycles. The van der Waals surface area contributed by atoms with E-state index >= 15 is 0 Å². The van der Waals surface area contributed by atoms with E-state index in [4.69, 9.17) is 27.7 Å². The Bertz CT molecular complexity index is 803. The van der Waals surface area contributed by atoms with Crippen LogP contribution in [0.4, 0.5) is 4.79 Å². The van der Waals surface area contributed by atoms with Crippen LogP contribution in [0.25, 0.3) is 0 Å². The van der Waals surface area contributed by atoms with Gasteiger partial charge in [-0.05, 0) is 19.4 Å². The molecule has 1 fully saturated rings. The highest BCUT2D eigenvalue weighted by Crippen LogP contribution is 2.22. The molecule has 1 saturated heterocycles. The van der Waals surface area contributed by atoms with Gasteiger partial charge >= 0.3 is 12.1 Å². The lowest BCUT2D eigenvalue weighted by molar-refractivity contribution is -0.198. The highest BCUT2D eigenvalue weighted by atomic mass is 16.6. The number of hydrogen-bond donors (Lipinski definition) is 11. The van der Waals surface area contributed by atoms with Crippen LogP contribution >= 0.6 is 0 Å². The summed E-state index contributed by atoms with van der Waals surface area (Å²) in [4.78, 5) is 39.1. The van der Waals surface area contributed by atoms with Gasteiger partial charge < -0.3 is 68.8 Å². The van der Waals surface area contributed by atoms with Crippen molar-refractivity contribution in [2.45, 2.75) is 74.1 Å². The van der Waals surface area contributed by atoms with Gasteiger partial charge in [0.2, 0.25) is 5.91 Å². The Morgan fingerprint density at radius 3 is 2.50 bits per heavy atom. The van der Waals surface area contributed by atoms with E-state index in [0.29, 0.717) is 19.4 Å². The number of nitrogens with one attached hydrogen (secondary N) is 3. The van der Waals surface area contributed by atoms with Crippen molar-refractivity contribution in [3.05, 3.63) is 0 Å². The minimum Gasteiger partial charge on any atom is -0.480 e. The number of carbonyl (C=O) groups is 3. The van der Waals surface area contributed by atoms with Crippen LogP contribution in [-0.4, -0.2) is 119 Å². The first-order chi connectivity index (χ1) is 17.0. The number of rotatable bonds is 12. The van der Waals surface area contributed by atoms with Gasteiger partial charge in [0.15, 0.2) is 18.2 Å². The molecule has 0 aromatic rings. The molecule has 0 aromatic heterocycles. The van der Waals surface area contributed by atoms with Crippen molar-refractivity contribution >= 4 is 23.9 Å². The standard InChI is InChI=1S/C19H36N8O9/c20-3-1-2-7(22)4-10(29)24-13-15(31)14(30)9(6-35-18(23)34)36-16(13)27-19-25-11(8(28)5-21)12(26-19)17(32)33/h7-9,11-16,28,30-31H,1-6,20-22H2,(H2,23,34)(H,24,29)(H,32,33)(H2,25,26,27)/t7?,8?,9-,11-,12+,13-,14+,15+,16-/m1/s1. The number of nitrogens with two attached hydrogens (primary N) is 4. The summed E-state index contributed by atoms with van der Waals surface area (Å²) in [7, 11) is 0. The van der Waals surface area contributed by atoms with Crippen LogP contribution in [0.3, 0.4) is 0 Å². The third kappa shape index (κ3) is 7.85. The van der Waals surface area contributed by atoms with E-state index in [1.807, 2.05) is 0 Å². The molecule has 0 aromatic carbocycles. The number of guanidine groups is 1. The smallest absolute Gasteiger partial charge is 0.404 e. The fourth-order valence-electron chi connectivity index (χ4n) is 3.89. The van der Waals surface area contributed by atoms with Gasteiger partial charge in [0, 0.05) is 19.0 Å². The number of carbonyl (C=O) groups excluding carboxylic acids is 2. The quantitative estimate of drug-likeness (QED) is 0.114. The molecule has 17 nitrogen and oxygen atoms in total. The van der Waals surface area contributed by atoms with Crippen LogP contribution in [0, 0.1) is 0 Å². The third-order valence-electron chi connectivity index (χ3n) is 5.79. The Morgan fingerprint density at radius 1 is 1.22 bits per heavy atom. The number of primary amides is 1. The van der Waals surface area contributed by atoms with Crippen molar-refractivity contribution in [1.82, 2.24) is 16.0 Å². The number of aliphatic carboxylic acids is 1. The van der Waals surface area contributed by atoms with E-state index in [0.717, 1.165) is 0 Å². The Kier molecular flexibility index (Phi) is 11.0. The average molecular weight is 521 g/mol. The zero-order valence-corrected chi connectivity index (χ0v) is 19.5. The zero-order chi connectivity index (χ0) is 27.0. The van der Waals surface area contributed by atoms with E-state index in [1.165, 1.54) is 0 Å². The van der Waals surface area contributed by atoms with Crippen molar-refractivity contribution in [3.63, 3.8) is 0 Å². The first-order valence-electron chi connectivity index (χ1n) is 11.4. The second kappa shape index (κ2) is 13.5. The Labute approximate surface area is 206 Å². The number of aliphatic hydroxyl groups is 3. The summed E-state index contributed by atoms with van der Waals surface area (Å²) >= 11 is 0. The number of ether oxygens (including phenoxy) is 2. The Hall–Kier alpha value is -2.80. The second-order valence-electron chi connectivity index (χ2n) is 8.57. The summed E-state index contributed by atoms with van der Waals surface area (Å²) in [6, 6.07) is -4.24. The first-order valence-corrected chi connectivity index (χ1v) is 11.4. The number of amides is 2. The van der Waals surface area contributed by atoms with Crippen LogP contribution in [0.5, 0.6) is 0 Å². The largest absolute Gasteiger partial charge is 0.480 e. The van der Waals surface area contributed by atoms with Gasteiger partial charge in [-0.1, -0.05) is 0 Å². The molecule has 206 valence electrons. The van der Waals surface area contributed by atoms with Gasteiger partial charge in [0.25, 0.3) is 0 Å². The van der Waals surface area contributed by atoms with Gasteiger partial charge in [-0.3, -0.25) is 4.79 Å². The van der Waals surface area contributed by atoms with Crippen molar-refractivity contribution in [3.8, 4) is 0 Å². The summed E-state index contributed by atoms with van der Waals surface area (Å²) in [6.07, 6.45) is -7.19. The summed E-state index contributed by atoms with van der Waals surface area (Å²) < 4.78 is 10.4. The predicted octanol–water partition coefficient (Wildman–Crippen LogP) is -5.84. The van der Waals surface area contributed by atoms with E-state index in [-0.39, 0.29) is 18.9 Å². The molecular weight excluding hydrogens is 484 g/mol. The highest BCUT2D eigenvalue weighted by molar-refractivity contribution is 5.89. The second-order valence-corrected chi connectivity index (χ2v) is 8.57. The monoisotopic (exact) mass is 520 g/mol. The first kappa shape index (κ1) is 29.4. The van der Waals surface area contributed by atoms with Crippen molar-refractivity contribution in [1.29, 1.82) is 0 Å². The number of aliphatic hydroxyl groups excluding tert-OH is 3. The predicted molar refractivity (Wildman–Crippen MR) is 123 cm³/mol. The summed E-state index contributed by atoms with van der Waals surface area (Å²) in [5.41, 5.74) is 21.8. The maximum atomic E-state index is 12.6. The zero-order valence-electron chi connectivity index (χ0n) is 19.5. The molecule has 9 atom stereocenters. The van der Waals surface area contributed by atoms with E-state index in [2.05, 4.69) is 25.7 Å². The highest BCUT2D eigenvalue weighted by Gasteiger charge is 2.47. The Balaban J connectivity index is 2.21. The summed E-state index contributed by atoms with van der Waals surface area (Å²) in [5.74, 6) is -2.03. The van der Waals surface area contributed by atoms with Crippen molar-refractivity contribution in [2.75, 3.05) is 19.7 Å².